The van der Waals surface area contributed by atoms with Crippen LogP contribution in [0.25, 0.3) is 0 Å². The van der Waals surface area contributed by atoms with E-state index in [4.69, 9.17) is 4.52 Å². The van der Waals surface area contributed by atoms with Crippen molar-refractivity contribution < 1.29 is 9.32 Å². The molecule has 8 nitrogen and oxygen atoms in total. The van der Waals surface area contributed by atoms with Gasteiger partial charge < -0.3 is 19.6 Å². The van der Waals surface area contributed by atoms with Crippen LogP contribution in [0, 0.1) is 13.8 Å². The van der Waals surface area contributed by atoms with Crippen LogP contribution in [0.2, 0.25) is 0 Å². The van der Waals surface area contributed by atoms with Gasteiger partial charge in [0.05, 0.1) is 0 Å². The minimum Gasteiger partial charge on any atom is -0.360 e. The number of aromatic nitrogens is 3. The normalized spacial score (nSPS) is 15.5. The van der Waals surface area contributed by atoms with Crippen LogP contribution in [-0.2, 0) is 0 Å². The van der Waals surface area contributed by atoms with Crippen molar-refractivity contribution in [3.05, 3.63) is 29.4 Å². The molecule has 0 aliphatic carbocycles. The van der Waals surface area contributed by atoms with Gasteiger partial charge in [0, 0.05) is 38.3 Å². The number of hydrogen-bond acceptors (Lipinski definition) is 7. The SMILES string of the molecule is CCN1CCN(c2cc(C(=O)Nc3cc(C)on3)nc(C)n2)CC1. The summed E-state index contributed by atoms with van der Waals surface area (Å²) in [6.45, 7) is 10.6. The van der Waals surface area contributed by atoms with Crippen LogP contribution in [0.1, 0.15) is 29.0 Å². The van der Waals surface area contributed by atoms with Crippen molar-refractivity contribution in [3.8, 4) is 0 Å². The average Bonchev–Trinajstić information content (AvgIpc) is 2.99. The Hall–Kier alpha value is -2.48. The van der Waals surface area contributed by atoms with Gasteiger partial charge in [-0.1, -0.05) is 12.1 Å². The fourth-order valence-electron chi connectivity index (χ4n) is 2.73. The van der Waals surface area contributed by atoms with Crippen molar-refractivity contribution in [2.45, 2.75) is 20.8 Å². The molecule has 2 aromatic heterocycles. The summed E-state index contributed by atoms with van der Waals surface area (Å²) in [4.78, 5) is 25.7. The van der Waals surface area contributed by atoms with Crippen molar-refractivity contribution in [1.29, 1.82) is 0 Å². The highest BCUT2D eigenvalue weighted by Crippen LogP contribution is 2.16. The lowest BCUT2D eigenvalue weighted by Crippen LogP contribution is -2.46. The first-order valence-electron chi connectivity index (χ1n) is 8.13. The molecule has 0 radical (unpaired) electrons. The third-order valence-corrected chi connectivity index (χ3v) is 4.07. The molecule has 0 atom stereocenters. The van der Waals surface area contributed by atoms with Gasteiger partial charge >= 0.3 is 0 Å². The van der Waals surface area contributed by atoms with Crippen LogP contribution in [0.5, 0.6) is 0 Å². The molecule has 0 aromatic carbocycles. The van der Waals surface area contributed by atoms with Crippen LogP contribution in [0.4, 0.5) is 11.6 Å². The molecule has 1 N–H and O–H groups in total. The third-order valence-electron chi connectivity index (χ3n) is 4.07. The summed E-state index contributed by atoms with van der Waals surface area (Å²) in [7, 11) is 0. The van der Waals surface area contributed by atoms with E-state index < -0.39 is 0 Å². The molecule has 0 saturated carbocycles. The van der Waals surface area contributed by atoms with Gasteiger partial charge in [0.1, 0.15) is 23.1 Å². The molecule has 1 saturated heterocycles. The van der Waals surface area contributed by atoms with E-state index in [0.29, 0.717) is 23.1 Å². The second kappa shape index (κ2) is 6.96. The molecule has 0 bridgehead atoms. The Morgan fingerprint density at radius 3 is 2.58 bits per heavy atom. The highest BCUT2D eigenvalue weighted by Gasteiger charge is 2.19. The van der Waals surface area contributed by atoms with Crippen molar-refractivity contribution in [2.75, 3.05) is 42.9 Å². The first-order chi connectivity index (χ1) is 11.5. The number of amides is 1. The highest BCUT2D eigenvalue weighted by atomic mass is 16.5. The summed E-state index contributed by atoms with van der Waals surface area (Å²) in [5.41, 5.74) is 0.330. The summed E-state index contributed by atoms with van der Waals surface area (Å²) in [6.07, 6.45) is 0. The summed E-state index contributed by atoms with van der Waals surface area (Å²) in [6, 6.07) is 3.40. The number of rotatable bonds is 4. The molecule has 3 rings (SSSR count). The maximum absolute atomic E-state index is 12.4. The van der Waals surface area contributed by atoms with Crippen LogP contribution in [0.3, 0.4) is 0 Å². The molecule has 128 valence electrons. The van der Waals surface area contributed by atoms with E-state index in [1.165, 1.54) is 0 Å². The lowest BCUT2D eigenvalue weighted by Gasteiger charge is -2.34. The second-order valence-corrected chi connectivity index (χ2v) is 5.86. The number of carbonyl (C=O) groups excluding carboxylic acids is 1. The van der Waals surface area contributed by atoms with Gasteiger partial charge in [-0.3, -0.25) is 4.79 Å². The minimum atomic E-state index is -0.317. The van der Waals surface area contributed by atoms with Crippen LogP contribution in [-0.4, -0.2) is 58.7 Å². The molecule has 0 spiro atoms. The van der Waals surface area contributed by atoms with E-state index in [0.717, 1.165) is 38.5 Å². The third kappa shape index (κ3) is 3.70. The van der Waals surface area contributed by atoms with Crippen LogP contribution >= 0.6 is 0 Å². The second-order valence-electron chi connectivity index (χ2n) is 5.86. The Balaban J connectivity index is 1.75. The first-order valence-corrected chi connectivity index (χ1v) is 8.13. The fraction of sp³-hybridized carbons (Fsp3) is 0.500. The number of anilines is 2. The molecule has 1 fully saturated rings. The zero-order chi connectivity index (χ0) is 17.1. The van der Waals surface area contributed by atoms with Gasteiger partial charge in [0.15, 0.2) is 5.82 Å². The lowest BCUT2D eigenvalue weighted by molar-refractivity contribution is 0.102. The minimum absolute atomic E-state index is 0.317. The topological polar surface area (TPSA) is 87.4 Å². The van der Waals surface area contributed by atoms with E-state index >= 15 is 0 Å². The quantitative estimate of drug-likeness (QED) is 0.908. The van der Waals surface area contributed by atoms with Gasteiger partial charge in [-0.05, 0) is 20.4 Å². The molecule has 0 unspecified atom stereocenters. The molecule has 2 aromatic rings. The predicted octanol–water partition coefficient (Wildman–Crippen LogP) is 1.48. The number of nitrogens with one attached hydrogen (secondary N) is 1. The van der Waals surface area contributed by atoms with E-state index in [9.17, 15) is 4.79 Å². The molecule has 1 aliphatic rings. The van der Waals surface area contributed by atoms with Gasteiger partial charge in [-0.25, -0.2) is 9.97 Å². The number of aryl methyl sites for hydroxylation is 2. The van der Waals surface area contributed by atoms with Crippen molar-refractivity contribution >= 4 is 17.5 Å². The van der Waals surface area contributed by atoms with E-state index in [-0.39, 0.29) is 5.91 Å². The average molecular weight is 330 g/mol. The Labute approximate surface area is 140 Å². The van der Waals surface area contributed by atoms with E-state index in [1.807, 2.05) is 0 Å². The van der Waals surface area contributed by atoms with Crippen LogP contribution < -0.4 is 10.2 Å². The van der Waals surface area contributed by atoms with Gasteiger partial charge in [0.25, 0.3) is 5.91 Å². The van der Waals surface area contributed by atoms with Crippen LogP contribution in [0.15, 0.2) is 16.7 Å². The predicted molar refractivity (Wildman–Crippen MR) is 90.3 cm³/mol. The van der Waals surface area contributed by atoms with E-state index in [1.54, 1.807) is 26.0 Å². The molecule has 24 heavy (non-hydrogen) atoms. The molecule has 8 heteroatoms. The van der Waals surface area contributed by atoms with Crippen molar-refractivity contribution in [2.24, 2.45) is 0 Å². The molecular weight excluding hydrogens is 308 g/mol. The number of piperazine rings is 1. The molecule has 1 aliphatic heterocycles. The Morgan fingerprint density at radius 2 is 1.96 bits per heavy atom. The number of nitrogens with zero attached hydrogens (tertiary/aromatic N) is 5. The van der Waals surface area contributed by atoms with Crippen molar-refractivity contribution in [3.63, 3.8) is 0 Å². The van der Waals surface area contributed by atoms with Gasteiger partial charge in [0.2, 0.25) is 0 Å². The summed E-state index contributed by atoms with van der Waals surface area (Å²) in [5, 5.41) is 6.46. The monoisotopic (exact) mass is 330 g/mol. The van der Waals surface area contributed by atoms with Crippen molar-refractivity contribution in [1.82, 2.24) is 20.0 Å². The Morgan fingerprint density at radius 1 is 1.21 bits per heavy atom. The fourth-order valence-corrected chi connectivity index (χ4v) is 2.73. The first kappa shape index (κ1) is 16.4. The largest absolute Gasteiger partial charge is 0.360 e. The van der Waals surface area contributed by atoms with Gasteiger partial charge in [-0.2, -0.15) is 0 Å². The summed E-state index contributed by atoms with van der Waals surface area (Å²) < 4.78 is 4.95. The molecule has 3 heterocycles. The number of carbonyl (C=O) groups is 1. The molecule has 1 amide bonds. The Bertz CT molecular complexity index is 721. The summed E-state index contributed by atoms with van der Waals surface area (Å²) >= 11 is 0. The lowest BCUT2D eigenvalue weighted by atomic mass is 10.3. The highest BCUT2D eigenvalue weighted by molar-refractivity contribution is 6.02. The number of hydrogen-bond donors (Lipinski definition) is 1. The summed E-state index contributed by atoms with van der Waals surface area (Å²) in [5.74, 6) is 2.07. The smallest absolute Gasteiger partial charge is 0.275 e. The maximum Gasteiger partial charge on any atom is 0.275 e. The van der Waals surface area contributed by atoms with Gasteiger partial charge in [-0.15, -0.1) is 0 Å². The number of likely N-dealkylation sites (N-methyl/N-ethyl adjacent to an activating group) is 1. The van der Waals surface area contributed by atoms with E-state index in [2.05, 4.69) is 37.2 Å². The standard InChI is InChI=1S/C16H22N6O2/c1-4-21-5-7-22(8-6-21)15-10-13(17-12(3)18-15)16(23)19-14-9-11(2)24-20-14/h9-10H,4-8H2,1-3H3,(H,19,20,23). The molecular formula is C16H22N6O2. The Kier molecular flexibility index (Phi) is 4.75. The zero-order valence-corrected chi connectivity index (χ0v) is 14.2. The zero-order valence-electron chi connectivity index (χ0n) is 14.2. The maximum atomic E-state index is 12.4.